The van der Waals surface area contributed by atoms with Crippen molar-refractivity contribution in [2.75, 3.05) is 10.2 Å². The Balaban J connectivity index is 1.41. The van der Waals surface area contributed by atoms with Crippen LogP contribution in [0.3, 0.4) is 0 Å². The van der Waals surface area contributed by atoms with E-state index >= 15 is 0 Å². The zero-order valence-electron chi connectivity index (χ0n) is 17.8. The molecule has 0 spiro atoms. The minimum Gasteiger partial charge on any atom is -0.321 e. The third-order valence-electron chi connectivity index (χ3n) is 5.87. The number of fused-ring (bicyclic) bond motifs is 2. The van der Waals surface area contributed by atoms with E-state index in [1.165, 1.54) is 5.56 Å². The number of nitrogens with one attached hydrogen (secondary N) is 1. The topological polar surface area (TPSA) is 49.4 Å². The smallest absolute Gasteiger partial charge is 0.258 e. The Morgan fingerprint density at radius 1 is 0.697 bits per heavy atom. The number of halogens is 1. The van der Waals surface area contributed by atoms with Crippen molar-refractivity contribution in [3.63, 3.8) is 0 Å². The van der Waals surface area contributed by atoms with E-state index < -0.39 is 0 Å². The van der Waals surface area contributed by atoms with E-state index in [-0.39, 0.29) is 11.8 Å². The number of nitrogens with zero attached hydrogens (tertiary/aromatic N) is 1. The molecule has 4 aromatic rings. The first-order valence-electron chi connectivity index (χ1n) is 10.7. The van der Waals surface area contributed by atoms with Crippen LogP contribution in [0.2, 0.25) is 5.02 Å². The van der Waals surface area contributed by atoms with E-state index in [4.69, 9.17) is 11.6 Å². The highest BCUT2D eigenvalue weighted by Gasteiger charge is 2.24. The van der Waals surface area contributed by atoms with Crippen LogP contribution in [0.5, 0.6) is 0 Å². The van der Waals surface area contributed by atoms with E-state index in [0.29, 0.717) is 28.4 Å². The van der Waals surface area contributed by atoms with Crippen LogP contribution in [0.15, 0.2) is 97.1 Å². The minimum absolute atomic E-state index is 0.0998. The van der Waals surface area contributed by atoms with Crippen LogP contribution < -0.4 is 10.2 Å². The van der Waals surface area contributed by atoms with Gasteiger partial charge in [0.1, 0.15) is 0 Å². The molecule has 1 N–H and O–H groups in total. The largest absolute Gasteiger partial charge is 0.321 e. The molecule has 0 saturated heterocycles. The fraction of sp³-hybridized carbons (Fsp3) is 0.0714. The highest BCUT2D eigenvalue weighted by molar-refractivity contribution is 6.33. The minimum atomic E-state index is -0.281. The summed E-state index contributed by atoms with van der Waals surface area (Å²) in [4.78, 5) is 28.0. The number of anilines is 2. The molecule has 4 nitrogen and oxygen atoms in total. The van der Waals surface area contributed by atoms with Gasteiger partial charge < -0.3 is 10.2 Å². The van der Waals surface area contributed by atoms with E-state index in [0.717, 1.165) is 23.2 Å². The maximum Gasteiger partial charge on any atom is 0.258 e. The summed E-state index contributed by atoms with van der Waals surface area (Å²) in [6.45, 7) is 0.501. The number of amides is 2. The molecule has 4 aromatic carbocycles. The molecule has 33 heavy (non-hydrogen) atoms. The van der Waals surface area contributed by atoms with Gasteiger partial charge in [0.25, 0.3) is 11.8 Å². The average Bonchev–Trinajstić information content (AvgIpc) is 3.02. The molecule has 0 fully saturated rings. The van der Waals surface area contributed by atoms with Gasteiger partial charge in [-0.1, -0.05) is 66.2 Å². The third kappa shape index (κ3) is 4.26. The van der Waals surface area contributed by atoms with Crippen LogP contribution in [0.25, 0.3) is 0 Å². The summed E-state index contributed by atoms with van der Waals surface area (Å²) >= 11 is 6.13. The van der Waals surface area contributed by atoms with Gasteiger partial charge in [0.15, 0.2) is 0 Å². The number of rotatable bonds is 3. The van der Waals surface area contributed by atoms with Crippen molar-refractivity contribution in [2.45, 2.75) is 13.0 Å². The van der Waals surface area contributed by atoms with Crippen LogP contribution in [-0.4, -0.2) is 11.8 Å². The molecule has 2 amide bonds. The monoisotopic (exact) mass is 452 g/mol. The molecular formula is C28H21ClN2O2. The Kier molecular flexibility index (Phi) is 5.68. The van der Waals surface area contributed by atoms with Gasteiger partial charge in [0, 0.05) is 16.8 Å². The molecule has 0 aliphatic carbocycles. The SMILES string of the molecule is O=C(Nc1ccccc1Cl)c1ccc(C(=O)N2Cc3ccccc3Cc3ccccc32)cc1. The molecule has 1 heterocycles. The number of carbonyl (C=O) groups excluding carboxylic acids is 2. The van der Waals surface area contributed by atoms with Gasteiger partial charge in [-0.15, -0.1) is 0 Å². The van der Waals surface area contributed by atoms with Crippen molar-refractivity contribution in [2.24, 2.45) is 0 Å². The van der Waals surface area contributed by atoms with Gasteiger partial charge in [0.05, 0.1) is 17.3 Å². The van der Waals surface area contributed by atoms with E-state index in [2.05, 4.69) is 23.5 Å². The lowest BCUT2D eigenvalue weighted by Gasteiger charge is -2.23. The number of carbonyl (C=O) groups is 2. The average molecular weight is 453 g/mol. The fourth-order valence-corrected chi connectivity index (χ4v) is 4.31. The standard InChI is InChI=1S/C28H21ClN2O2/c29-24-10-4-5-11-25(24)30-27(32)19-13-15-20(16-14-19)28(33)31-18-23-9-2-1-7-21(23)17-22-8-3-6-12-26(22)31/h1-16H,17-18H2,(H,30,32). The summed E-state index contributed by atoms with van der Waals surface area (Å²) in [6.07, 6.45) is 0.789. The highest BCUT2D eigenvalue weighted by Crippen LogP contribution is 2.31. The zero-order chi connectivity index (χ0) is 22.8. The van der Waals surface area contributed by atoms with Crippen molar-refractivity contribution < 1.29 is 9.59 Å². The van der Waals surface area contributed by atoms with Gasteiger partial charge in [0.2, 0.25) is 0 Å². The van der Waals surface area contributed by atoms with Crippen molar-refractivity contribution in [3.05, 3.63) is 130 Å². The Bertz CT molecular complexity index is 1350. The lowest BCUT2D eigenvalue weighted by molar-refractivity contribution is 0.0982. The van der Waals surface area contributed by atoms with E-state index in [9.17, 15) is 9.59 Å². The molecule has 0 bridgehead atoms. The number of hydrogen-bond acceptors (Lipinski definition) is 2. The Hall–Kier alpha value is -3.89. The lowest BCUT2D eigenvalue weighted by atomic mass is 10.0. The second-order valence-corrected chi connectivity index (χ2v) is 8.38. The predicted octanol–water partition coefficient (Wildman–Crippen LogP) is 6.34. The van der Waals surface area contributed by atoms with Crippen LogP contribution in [0.1, 0.15) is 37.4 Å². The third-order valence-corrected chi connectivity index (χ3v) is 6.20. The van der Waals surface area contributed by atoms with Gasteiger partial charge >= 0.3 is 0 Å². The van der Waals surface area contributed by atoms with Crippen molar-refractivity contribution >= 4 is 34.8 Å². The zero-order valence-corrected chi connectivity index (χ0v) is 18.5. The summed E-state index contributed by atoms with van der Waals surface area (Å²) in [7, 11) is 0. The summed E-state index contributed by atoms with van der Waals surface area (Å²) in [6, 6.07) is 30.0. The second kappa shape index (κ2) is 8.93. The summed E-state index contributed by atoms with van der Waals surface area (Å²) in [5.74, 6) is -0.381. The first-order chi connectivity index (χ1) is 16.1. The summed E-state index contributed by atoms with van der Waals surface area (Å²) in [5, 5.41) is 3.27. The number of hydrogen-bond donors (Lipinski definition) is 1. The van der Waals surface area contributed by atoms with Crippen molar-refractivity contribution in [1.82, 2.24) is 0 Å². The molecule has 0 radical (unpaired) electrons. The molecule has 5 rings (SSSR count). The second-order valence-electron chi connectivity index (χ2n) is 7.98. The first kappa shape index (κ1) is 21.0. The first-order valence-corrected chi connectivity index (χ1v) is 11.1. The Labute approximate surface area is 197 Å². The van der Waals surface area contributed by atoms with Gasteiger partial charge in [-0.05, 0) is 65.6 Å². The van der Waals surface area contributed by atoms with Crippen molar-refractivity contribution in [3.8, 4) is 0 Å². The summed E-state index contributed by atoms with van der Waals surface area (Å²) in [5.41, 5.74) is 5.92. The van der Waals surface area contributed by atoms with Gasteiger partial charge in [-0.25, -0.2) is 0 Å². The molecule has 162 valence electrons. The molecule has 0 atom stereocenters. The molecule has 0 unspecified atom stereocenters. The normalized spacial score (nSPS) is 12.3. The molecule has 1 aliphatic heterocycles. The van der Waals surface area contributed by atoms with Crippen molar-refractivity contribution in [1.29, 1.82) is 0 Å². The lowest BCUT2D eigenvalue weighted by Crippen LogP contribution is -2.30. The quantitative estimate of drug-likeness (QED) is 0.394. The van der Waals surface area contributed by atoms with Crippen LogP contribution in [-0.2, 0) is 13.0 Å². The van der Waals surface area contributed by atoms with Crippen LogP contribution in [0.4, 0.5) is 11.4 Å². The Morgan fingerprint density at radius 3 is 2.06 bits per heavy atom. The van der Waals surface area contributed by atoms with Gasteiger partial charge in [-0.2, -0.15) is 0 Å². The van der Waals surface area contributed by atoms with Gasteiger partial charge in [-0.3, -0.25) is 9.59 Å². The Morgan fingerprint density at radius 2 is 1.30 bits per heavy atom. The molecule has 5 heteroatoms. The summed E-state index contributed by atoms with van der Waals surface area (Å²) < 4.78 is 0. The molecule has 1 aliphatic rings. The van der Waals surface area contributed by atoms with E-state index in [1.807, 2.05) is 35.2 Å². The highest BCUT2D eigenvalue weighted by atomic mass is 35.5. The molecule has 0 saturated carbocycles. The molecule has 0 aromatic heterocycles. The number of para-hydroxylation sites is 2. The molecular weight excluding hydrogens is 432 g/mol. The van der Waals surface area contributed by atoms with E-state index in [1.54, 1.807) is 48.5 Å². The maximum atomic E-state index is 13.5. The fourth-order valence-electron chi connectivity index (χ4n) is 4.13. The van der Waals surface area contributed by atoms with Crippen LogP contribution >= 0.6 is 11.6 Å². The maximum absolute atomic E-state index is 13.5. The predicted molar refractivity (Wildman–Crippen MR) is 132 cm³/mol. The van der Waals surface area contributed by atoms with Crippen LogP contribution in [0, 0.1) is 0 Å². The number of benzene rings is 4.